The highest BCUT2D eigenvalue weighted by Gasteiger charge is 2.25. The average molecular weight is 525 g/mol. The number of carboxylic acids is 1. The first-order chi connectivity index (χ1) is 18.1. The molecule has 37 heavy (non-hydrogen) atoms. The lowest BCUT2D eigenvalue weighted by molar-refractivity contribution is -0.146. The Hall–Kier alpha value is -0.570. The quantitative estimate of drug-likeness (QED) is 0.0886. The van der Waals surface area contributed by atoms with Gasteiger partial charge in [-0.3, -0.25) is 4.79 Å². The van der Waals surface area contributed by atoms with Gasteiger partial charge in [-0.25, -0.2) is 0 Å². The Balaban J connectivity index is 3.53. The fourth-order valence-electron chi connectivity index (χ4n) is 5.61. The van der Waals surface area contributed by atoms with E-state index in [1.165, 1.54) is 148 Å². The zero-order valence-corrected chi connectivity index (χ0v) is 25.5. The highest BCUT2D eigenvalue weighted by Crippen LogP contribution is 2.21. The number of unbranched alkanes of at least 4 members (excludes halogenated alkanes) is 25. The third-order valence-corrected chi connectivity index (χ3v) is 8.25. The van der Waals surface area contributed by atoms with Crippen LogP contribution in [0.25, 0.3) is 0 Å². The molecule has 0 aromatic carbocycles. The molecule has 0 aliphatic carbocycles. The lowest BCUT2D eigenvalue weighted by Crippen LogP contribution is -2.28. The van der Waals surface area contributed by atoms with E-state index in [1.54, 1.807) is 0 Å². The number of aliphatic hydroxyl groups is 1. The van der Waals surface area contributed by atoms with Crippen molar-refractivity contribution in [2.24, 2.45) is 5.92 Å². The van der Waals surface area contributed by atoms with Gasteiger partial charge in [-0.15, -0.1) is 0 Å². The Morgan fingerprint density at radius 1 is 0.432 bits per heavy atom. The minimum absolute atomic E-state index is 0.574. The van der Waals surface area contributed by atoms with Crippen LogP contribution in [0.5, 0.6) is 0 Å². The van der Waals surface area contributed by atoms with Gasteiger partial charge in [0, 0.05) is 0 Å². The summed E-state index contributed by atoms with van der Waals surface area (Å²) in [5.41, 5.74) is 0. The number of carbonyl (C=O) groups is 1. The summed E-state index contributed by atoms with van der Waals surface area (Å²) in [4.78, 5) is 11.7. The van der Waals surface area contributed by atoms with E-state index in [0.717, 1.165) is 25.7 Å². The summed E-state index contributed by atoms with van der Waals surface area (Å²) in [6.07, 6.45) is 35.9. The summed E-state index contributed by atoms with van der Waals surface area (Å²) in [6, 6.07) is 0. The Morgan fingerprint density at radius 3 is 0.946 bits per heavy atom. The standard InChI is InChI=1S/C34H68O3/c1-3-5-7-9-11-13-15-16-17-18-19-21-22-24-26-28-30-32(34(36)37)33(35)31-29-27-25-23-20-14-12-10-8-6-4-2/h32-33,35H,3-31H2,1-2H3,(H,36,37)/t32-,33-/m0/s1. The molecule has 0 radical (unpaired) electrons. The molecule has 0 bridgehead atoms. The molecule has 0 heterocycles. The van der Waals surface area contributed by atoms with Crippen molar-refractivity contribution in [3.63, 3.8) is 0 Å². The van der Waals surface area contributed by atoms with E-state index >= 15 is 0 Å². The molecule has 3 nitrogen and oxygen atoms in total. The molecule has 0 fully saturated rings. The molecular weight excluding hydrogens is 456 g/mol. The van der Waals surface area contributed by atoms with Crippen LogP contribution in [0.1, 0.15) is 200 Å². The first kappa shape index (κ1) is 36.4. The molecule has 2 N–H and O–H groups in total. The van der Waals surface area contributed by atoms with Crippen molar-refractivity contribution < 1.29 is 15.0 Å². The monoisotopic (exact) mass is 525 g/mol. The Morgan fingerprint density at radius 2 is 0.676 bits per heavy atom. The molecule has 3 heteroatoms. The van der Waals surface area contributed by atoms with Gasteiger partial charge in [0.25, 0.3) is 0 Å². The van der Waals surface area contributed by atoms with Crippen molar-refractivity contribution in [2.45, 2.75) is 206 Å². The average Bonchev–Trinajstić information content (AvgIpc) is 2.88. The van der Waals surface area contributed by atoms with Gasteiger partial charge in [-0.1, -0.05) is 187 Å². The maximum Gasteiger partial charge on any atom is 0.309 e. The second-order valence-corrected chi connectivity index (χ2v) is 11.9. The molecule has 0 aliphatic heterocycles. The summed E-state index contributed by atoms with van der Waals surface area (Å²) >= 11 is 0. The van der Waals surface area contributed by atoms with E-state index in [2.05, 4.69) is 13.8 Å². The highest BCUT2D eigenvalue weighted by atomic mass is 16.4. The topological polar surface area (TPSA) is 57.5 Å². The first-order valence-corrected chi connectivity index (χ1v) is 17.0. The normalized spacial score (nSPS) is 13.2. The van der Waals surface area contributed by atoms with Crippen molar-refractivity contribution in [2.75, 3.05) is 0 Å². The molecule has 0 amide bonds. The second-order valence-electron chi connectivity index (χ2n) is 11.9. The number of hydrogen-bond donors (Lipinski definition) is 2. The molecule has 0 saturated carbocycles. The molecular formula is C34H68O3. The third kappa shape index (κ3) is 26.8. The summed E-state index contributed by atoms with van der Waals surface area (Å²) in [5.74, 6) is -1.38. The molecule has 0 unspecified atom stereocenters. The van der Waals surface area contributed by atoms with Crippen molar-refractivity contribution >= 4 is 5.97 Å². The van der Waals surface area contributed by atoms with Gasteiger partial charge in [0.1, 0.15) is 0 Å². The van der Waals surface area contributed by atoms with Crippen LogP contribution in [0.2, 0.25) is 0 Å². The Bertz CT molecular complexity index is 450. The minimum Gasteiger partial charge on any atom is -0.481 e. The predicted octanol–water partition coefficient (Wildman–Crippen LogP) is 11.4. The highest BCUT2D eigenvalue weighted by molar-refractivity contribution is 5.70. The molecule has 0 aromatic heterocycles. The van der Waals surface area contributed by atoms with Gasteiger partial charge < -0.3 is 10.2 Å². The van der Waals surface area contributed by atoms with Crippen molar-refractivity contribution in [1.29, 1.82) is 0 Å². The number of aliphatic carboxylic acids is 1. The van der Waals surface area contributed by atoms with E-state index in [1.807, 2.05) is 0 Å². The van der Waals surface area contributed by atoms with Crippen molar-refractivity contribution in [1.82, 2.24) is 0 Å². The van der Waals surface area contributed by atoms with E-state index in [0.29, 0.717) is 12.8 Å². The molecule has 0 rings (SSSR count). The minimum atomic E-state index is -0.809. The maximum atomic E-state index is 11.7. The zero-order valence-electron chi connectivity index (χ0n) is 25.5. The lowest BCUT2D eigenvalue weighted by atomic mass is 9.91. The molecule has 0 aromatic rings. The lowest BCUT2D eigenvalue weighted by Gasteiger charge is -2.19. The SMILES string of the molecule is CCCCCCCCCCCCCCCCCC[C@H](C(=O)O)[C@@H](O)CCCCCCCCCCCCC. The molecule has 222 valence electrons. The molecule has 0 spiro atoms. The largest absolute Gasteiger partial charge is 0.481 e. The summed E-state index contributed by atoms with van der Waals surface area (Å²) in [7, 11) is 0. The summed E-state index contributed by atoms with van der Waals surface area (Å²) in [6.45, 7) is 4.54. The summed E-state index contributed by atoms with van der Waals surface area (Å²) < 4.78 is 0. The van der Waals surface area contributed by atoms with Gasteiger partial charge in [-0.2, -0.15) is 0 Å². The number of rotatable bonds is 31. The Labute approximate surface area is 233 Å². The fourth-order valence-corrected chi connectivity index (χ4v) is 5.61. The summed E-state index contributed by atoms with van der Waals surface area (Å²) in [5, 5.41) is 20.1. The third-order valence-electron chi connectivity index (χ3n) is 8.25. The van der Waals surface area contributed by atoms with Crippen LogP contribution in [-0.4, -0.2) is 22.3 Å². The second kappa shape index (κ2) is 30.0. The van der Waals surface area contributed by atoms with Gasteiger partial charge in [0.2, 0.25) is 0 Å². The molecule has 2 atom stereocenters. The number of aliphatic hydroxyl groups excluding tert-OH is 1. The van der Waals surface area contributed by atoms with E-state index < -0.39 is 18.0 Å². The van der Waals surface area contributed by atoms with Crippen LogP contribution in [0.15, 0.2) is 0 Å². The number of carboxylic acid groups (broad SMARTS) is 1. The smallest absolute Gasteiger partial charge is 0.309 e. The van der Waals surface area contributed by atoms with Crippen LogP contribution >= 0.6 is 0 Å². The number of hydrogen-bond acceptors (Lipinski definition) is 2. The van der Waals surface area contributed by atoms with Crippen LogP contribution in [0.3, 0.4) is 0 Å². The van der Waals surface area contributed by atoms with Gasteiger partial charge in [0.15, 0.2) is 0 Å². The van der Waals surface area contributed by atoms with Crippen LogP contribution in [0, 0.1) is 5.92 Å². The molecule has 0 aliphatic rings. The van der Waals surface area contributed by atoms with Gasteiger partial charge >= 0.3 is 5.97 Å². The van der Waals surface area contributed by atoms with E-state index in [9.17, 15) is 15.0 Å². The van der Waals surface area contributed by atoms with Crippen LogP contribution < -0.4 is 0 Å². The van der Waals surface area contributed by atoms with E-state index in [-0.39, 0.29) is 0 Å². The zero-order chi connectivity index (χ0) is 27.2. The van der Waals surface area contributed by atoms with Crippen molar-refractivity contribution in [3.8, 4) is 0 Å². The van der Waals surface area contributed by atoms with Gasteiger partial charge in [-0.05, 0) is 12.8 Å². The van der Waals surface area contributed by atoms with Crippen molar-refractivity contribution in [3.05, 3.63) is 0 Å². The van der Waals surface area contributed by atoms with Gasteiger partial charge in [0.05, 0.1) is 12.0 Å². The molecule has 0 saturated heterocycles. The van der Waals surface area contributed by atoms with Crippen LogP contribution in [-0.2, 0) is 4.79 Å². The van der Waals surface area contributed by atoms with Crippen LogP contribution in [0.4, 0.5) is 0 Å². The van der Waals surface area contributed by atoms with E-state index in [4.69, 9.17) is 0 Å². The first-order valence-electron chi connectivity index (χ1n) is 17.0. The Kier molecular flexibility index (Phi) is 29.5. The fraction of sp³-hybridized carbons (Fsp3) is 0.971. The maximum absolute atomic E-state index is 11.7. The predicted molar refractivity (Wildman–Crippen MR) is 162 cm³/mol.